The summed E-state index contributed by atoms with van der Waals surface area (Å²) >= 11 is 0. The van der Waals surface area contributed by atoms with Crippen molar-refractivity contribution in [3.8, 4) is 23.1 Å². The van der Waals surface area contributed by atoms with Crippen molar-refractivity contribution in [2.75, 3.05) is 7.11 Å². The minimum atomic E-state index is -0.278. The molecule has 30 heavy (non-hydrogen) atoms. The van der Waals surface area contributed by atoms with Gasteiger partial charge in [-0.3, -0.25) is 9.98 Å². The van der Waals surface area contributed by atoms with E-state index in [1.807, 2.05) is 66.7 Å². The van der Waals surface area contributed by atoms with E-state index in [1.165, 1.54) is 6.21 Å². The zero-order valence-electron chi connectivity index (χ0n) is 16.1. The molecule has 0 fully saturated rings. The minimum absolute atomic E-state index is 0.257. The third-order valence-electron chi connectivity index (χ3n) is 4.87. The summed E-state index contributed by atoms with van der Waals surface area (Å²) in [4.78, 5) is 13.2. The number of hydrogen-bond acceptors (Lipinski definition) is 6. The average Bonchev–Trinajstić information content (AvgIpc) is 3.17. The Hall–Kier alpha value is -4.19. The summed E-state index contributed by atoms with van der Waals surface area (Å²) in [5.74, 6) is 0.814. The van der Waals surface area contributed by atoms with Crippen LogP contribution in [-0.2, 0) is 0 Å². The third kappa shape index (κ3) is 3.24. The Morgan fingerprint density at radius 3 is 2.77 bits per heavy atom. The van der Waals surface area contributed by atoms with Crippen LogP contribution in [0.5, 0.6) is 11.7 Å². The molecule has 6 nitrogen and oxygen atoms in total. The first-order chi connectivity index (χ1) is 14.7. The van der Waals surface area contributed by atoms with Gasteiger partial charge in [-0.05, 0) is 35.0 Å². The van der Waals surface area contributed by atoms with Gasteiger partial charge in [0.05, 0.1) is 30.7 Å². The van der Waals surface area contributed by atoms with Crippen molar-refractivity contribution in [3.05, 3.63) is 78.6 Å². The predicted molar refractivity (Wildman–Crippen MR) is 117 cm³/mol. The number of aliphatic imine (C=N–C) groups is 1. The fraction of sp³-hybridized carbons (Fsp3) is 0.0417. The molecular formula is C24H17N3O3. The second-order valence-electron chi connectivity index (χ2n) is 6.75. The van der Waals surface area contributed by atoms with E-state index in [0.29, 0.717) is 11.6 Å². The van der Waals surface area contributed by atoms with E-state index in [1.54, 1.807) is 13.3 Å². The molecule has 3 aromatic carbocycles. The van der Waals surface area contributed by atoms with Crippen LogP contribution >= 0.6 is 0 Å². The summed E-state index contributed by atoms with van der Waals surface area (Å²) in [7, 11) is 1.62. The SMILES string of the molecule is COc1ccc2cc(N=Cc3nc(-c4cccc5ccccc45)oc3O)cnc2c1. The maximum atomic E-state index is 10.2. The van der Waals surface area contributed by atoms with Crippen LogP contribution in [0.25, 0.3) is 33.1 Å². The van der Waals surface area contributed by atoms with Gasteiger partial charge < -0.3 is 14.3 Å². The van der Waals surface area contributed by atoms with Gasteiger partial charge in [-0.1, -0.05) is 36.4 Å². The Kier molecular flexibility index (Phi) is 4.37. The molecule has 0 saturated heterocycles. The lowest BCUT2D eigenvalue weighted by Gasteiger charge is -2.02. The molecule has 146 valence electrons. The first kappa shape index (κ1) is 17.9. The van der Waals surface area contributed by atoms with Crippen LogP contribution in [0.2, 0.25) is 0 Å². The summed E-state index contributed by atoms with van der Waals surface area (Å²) in [6.07, 6.45) is 3.13. The average molecular weight is 395 g/mol. The second kappa shape index (κ2) is 7.33. The van der Waals surface area contributed by atoms with Crippen LogP contribution in [0.3, 0.4) is 0 Å². The van der Waals surface area contributed by atoms with Gasteiger partial charge in [-0.25, -0.2) is 4.98 Å². The number of aromatic nitrogens is 2. The maximum absolute atomic E-state index is 10.2. The van der Waals surface area contributed by atoms with Crippen LogP contribution in [0.1, 0.15) is 5.69 Å². The lowest BCUT2D eigenvalue weighted by atomic mass is 10.0. The van der Waals surface area contributed by atoms with Crippen molar-refractivity contribution in [3.63, 3.8) is 0 Å². The largest absolute Gasteiger partial charge is 0.497 e. The summed E-state index contributed by atoms with van der Waals surface area (Å²) in [5.41, 5.74) is 2.52. The smallest absolute Gasteiger partial charge is 0.312 e. The zero-order chi connectivity index (χ0) is 20.5. The number of nitrogens with zero attached hydrogens (tertiary/aromatic N) is 3. The lowest BCUT2D eigenvalue weighted by Crippen LogP contribution is -1.85. The molecule has 5 aromatic rings. The Balaban J connectivity index is 1.48. The fourth-order valence-corrected chi connectivity index (χ4v) is 3.36. The molecule has 0 aliphatic rings. The third-order valence-corrected chi connectivity index (χ3v) is 4.87. The number of hydrogen-bond donors (Lipinski definition) is 1. The van der Waals surface area contributed by atoms with Gasteiger partial charge >= 0.3 is 5.95 Å². The molecule has 0 unspecified atom stereocenters. The molecular weight excluding hydrogens is 378 g/mol. The van der Waals surface area contributed by atoms with E-state index in [-0.39, 0.29) is 11.6 Å². The highest BCUT2D eigenvalue weighted by molar-refractivity contribution is 5.95. The number of oxazole rings is 1. The summed E-state index contributed by atoms with van der Waals surface area (Å²) in [6, 6.07) is 21.4. The van der Waals surface area contributed by atoms with Crippen LogP contribution in [0, 0.1) is 0 Å². The van der Waals surface area contributed by atoms with Gasteiger partial charge in [-0.15, -0.1) is 0 Å². The zero-order valence-corrected chi connectivity index (χ0v) is 16.1. The van der Waals surface area contributed by atoms with Crippen molar-refractivity contribution in [1.82, 2.24) is 9.97 Å². The number of benzene rings is 3. The van der Waals surface area contributed by atoms with Crippen molar-refractivity contribution in [2.24, 2.45) is 4.99 Å². The molecule has 0 amide bonds. The van der Waals surface area contributed by atoms with Crippen LogP contribution < -0.4 is 4.74 Å². The minimum Gasteiger partial charge on any atom is -0.497 e. The van der Waals surface area contributed by atoms with Crippen molar-refractivity contribution in [1.29, 1.82) is 0 Å². The molecule has 2 aromatic heterocycles. The van der Waals surface area contributed by atoms with Crippen LogP contribution in [0.4, 0.5) is 5.69 Å². The van der Waals surface area contributed by atoms with Crippen molar-refractivity contribution >= 4 is 33.6 Å². The Morgan fingerprint density at radius 1 is 1.00 bits per heavy atom. The number of pyridine rings is 1. The number of rotatable bonds is 4. The predicted octanol–water partition coefficient (Wildman–Crippen LogP) is 5.51. The summed E-state index contributed by atoms with van der Waals surface area (Å²) in [6.45, 7) is 0. The van der Waals surface area contributed by atoms with E-state index in [2.05, 4.69) is 15.0 Å². The molecule has 0 bridgehead atoms. The summed E-state index contributed by atoms with van der Waals surface area (Å²) in [5, 5.41) is 13.2. The maximum Gasteiger partial charge on any atom is 0.312 e. The van der Waals surface area contributed by atoms with Gasteiger partial charge in [0.15, 0.2) is 5.69 Å². The Bertz CT molecular complexity index is 1400. The Morgan fingerprint density at radius 2 is 1.87 bits per heavy atom. The molecule has 6 heteroatoms. The number of methoxy groups -OCH3 is 1. The quantitative estimate of drug-likeness (QED) is 0.406. The first-order valence-corrected chi connectivity index (χ1v) is 9.37. The van der Waals surface area contributed by atoms with Gasteiger partial charge in [-0.2, -0.15) is 0 Å². The molecule has 0 spiro atoms. The molecule has 5 rings (SSSR count). The molecule has 2 heterocycles. The molecule has 0 radical (unpaired) electrons. The highest BCUT2D eigenvalue weighted by Gasteiger charge is 2.14. The highest BCUT2D eigenvalue weighted by Crippen LogP contribution is 2.31. The standard InChI is InChI=1S/C24H17N3O3/c1-29-18-10-9-16-11-17(13-26-21(16)12-18)25-14-22-24(28)30-23(27-22)20-8-4-6-15-5-2-3-7-19(15)20/h2-14,28H,1H3. The topological polar surface area (TPSA) is 80.7 Å². The Labute approximate surface area is 172 Å². The monoisotopic (exact) mass is 395 g/mol. The van der Waals surface area contributed by atoms with E-state index in [4.69, 9.17) is 9.15 Å². The number of fused-ring (bicyclic) bond motifs is 2. The van der Waals surface area contributed by atoms with E-state index in [0.717, 1.165) is 33.0 Å². The molecule has 0 aliphatic heterocycles. The van der Waals surface area contributed by atoms with Crippen molar-refractivity contribution in [2.45, 2.75) is 0 Å². The van der Waals surface area contributed by atoms with E-state index in [9.17, 15) is 5.11 Å². The normalized spacial score (nSPS) is 11.5. The van der Waals surface area contributed by atoms with E-state index < -0.39 is 0 Å². The number of aromatic hydroxyl groups is 1. The molecule has 1 N–H and O–H groups in total. The lowest BCUT2D eigenvalue weighted by molar-refractivity contribution is 0.337. The molecule has 0 atom stereocenters. The van der Waals surface area contributed by atoms with Crippen LogP contribution in [-0.4, -0.2) is 28.4 Å². The summed E-state index contributed by atoms with van der Waals surface area (Å²) < 4.78 is 10.7. The van der Waals surface area contributed by atoms with Gasteiger partial charge in [0.2, 0.25) is 5.89 Å². The molecule has 0 saturated carbocycles. The van der Waals surface area contributed by atoms with E-state index >= 15 is 0 Å². The second-order valence-corrected chi connectivity index (χ2v) is 6.75. The van der Waals surface area contributed by atoms with Crippen LogP contribution in [0.15, 0.2) is 82.3 Å². The molecule has 0 aliphatic carbocycles. The van der Waals surface area contributed by atoms with Gasteiger partial charge in [0, 0.05) is 17.0 Å². The highest BCUT2D eigenvalue weighted by atomic mass is 16.5. The fourth-order valence-electron chi connectivity index (χ4n) is 3.36. The van der Waals surface area contributed by atoms with Gasteiger partial charge in [0.25, 0.3) is 0 Å². The van der Waals surface area contributed by atoms with Crippen molar-refractivity contribution < 1.29 is 14.3 Å². The van der Waals surface area contributed by atoms with Gasteiger partial charge in [0.1, 0.15) is 5.75 Å². The number of ether oxygens (including phenoxy) is 1. The first-order valence-electron chi connectivity index (χ1n) is 9.37.